The number of amides is 1. The first kappa shape index (κ1) is 7.76. The van der Waals surface area contributed by atoms with Crippen molar-refractivity contribution < 1.29 is 4.79 Å². The van der Waals surface area contributed by atoms with Crippen LogP contribution in [0.1, 0.15) is 14.5 Å². The van der Waals surface area contributed by atoms with Gasteiger partial charge in [-0.15, -0.1) is 11.3 Å². The summed E-state index contributed by atoms with van der Waals surface area (Å²) in [7, 11) is 1.56. The quantitative estimate of drug-likeness (QED) is 0.676. The number of carbonyl (C=O) groups excluding carboxylic acids is 1. The third kappa shape index (κ3) is 1.57. The first-order valence-corrected chi connectivity index (χ1v) is 3.81. The molecule has 1 aromatic rings. The highest BCUT2D eigenvalue weighted by molar-refractivity contribution is 7.14. The minimum absolute atomic E-state index is 0.142. The number of nitriles is 1. The number of carbonyl (C=O) groups is 1. The van der Waals surface area contributed by atoms with Crippen molar-refractivity contribution in [1.82, 2.24) is 5.32 Å². The molecule has 0 radical (unpaired) electrons. The lowest BCUT2D eigenvalue weighted by atomic mass is 10.4. The first-order valence-electron chi connectivity index (χ1n) is 3.00. The minimum atomic E-state index is -0.142. The number of hydrogen-bond donors (Lipinski definition) is 1. The van der Waals surface area contributed by atoms with Crippen molar-refractivity contribution in [3.63, 3.8) is 0 Å². The molecule has 1 heterocycles. The van der Waals surface area contributed by atoms with Gasteiger partial charge in [-0.3, -0.25) is 4.79 Å². The molecule has 0 spiro atoms. The standard InChI is InChI=1S/C7H6N2OS/c1-9-7(10)6-3-2-5(4-8)11-6/h2-3H,1H3,(H,9,10). The van der Waals surface area contributed by atoms with E-state index in [0.29, 0.717) is 9.75 Å². The van der Waals surface area contributed by atoms with Gasteiger partial charge in [0, 0.05) is 7.05 Å². The number of nitrogens with one attached hydrogen (secondary N) is 1. The molecule has 0 fully saturated rings. The fourth-order valence-electron chi connectivity index (χ4n) is 0.643. The fourth-order valence-corrected chi connectivity index (χ4v) is 1.39. The van der Waals surface area contributed by atoms with Crippen molar-refractivity contribution in [1.29, 1.82) is 5.26 Å². The molecule has 0 unspecified atom stereocenters. The van der Waals surface area contributed by atoms with E-state index in [2.05, 4.69) is 5.32 Å². The molecule has 1 rings (SSSR count). The van der Waals surface area contributed by atoms with Crippen LogP contribution < -0.4 is 5.32 Å². The van der Waals surface area contributed by atoms with E-state index in [1.54, 1.807) is 19.2 Å². The van der Waals surface area contributed by atoms with Gasteiger partial charge < -0.3 is 5.32 Å². The summed E-state index contributed by atoms with van der Waals surface area (Å²) in [5, 5.41) is 10.9. The largest absolute Gasteiger partial charge is 0.354 e. The molecule has 0 aliphatic rings. The highest BCUT2D eigenvalue weighted by Gasteiger charge is 2.05. The maximum Gasteiger partial charge on any atom is 0.261 e. The highest BCUT2D eigenvalue weighted by atomic mass is 32.1. The van der Waals surface area contributed by atoms with Gasteiger partial charge in [0.25, 0.3) is 5.91 Å². The Morgan fingerprint density at radius 2 is 2.45 bits per heavy atom. The molecule has 0 aromatic carbocycles. The normalized spacial score (nSPS) is 8.73. The lowest BCUT2D eigenvalue weighted by Gasteiger charge is -1.90. The zero-order valence-corrected chi connectivity index (χ0v) is 6.73. The monoisotopic (exact) mass is 166 g/mol. The van der Waals surface area contributed by atoms with E-state index in [0.717, 1.165) is 0 Å². The maximum atomic E-state index is 10.9. The van der Waals surface area contributed by atoms with E-state index < -0.39 is 0 Å². The first-order chi connectivity index (χ1) is 5.27. The van der Waals surface area contributed by atoms with Gasteiger partial charge in [-0.1, -0.05) is 0 Å². The van der Waals surface area contributed by atoms with Crippen molar-refractivity contribution in [3.05, 3.63) is 21.9 Å². The van der Waals surface area contributed by atoms with E-state index in [4.69, 9.17) is 5.26 Å². The molecule has 4 heteroatoms. The molecule has 56 valence electrons. The zero-order chi connectivity index (χ0) is 8.27. The Morgan fingerprint density at radius 1 is 1.73 bits per heavy atom. The number of nitrogens with zero attached hydrogens (tertiary/aromatic N) is 1. The van der Waals surface area contributed by atoms with Gasteiger partial charge in [0.2, 0.25) is 0 Å². The van der Waals surface area contributed by atoms with Crippen LogP contribution in [-0.2, 0) is 0 Å². The second kappa shape index (κ2) is 3.17. The SMILES string of the molecule is CNC(=O)c1ccc(C#N)s1. The smallest absolute Gasteiger partial charge is 0.261 e. The van der Waals surface area contributed by atoms with Crippen LogP contribution in [0.3, 0.4) is 0 Å². The highest BCUT2D eigenvalue weighted by Crippen LogP contribution is 2.14. The second-order valence-corrected chi connectivity index (χ2v) is 2.94. The summed E-state index contributed by atoms with van der Waals surface area (Å²) in [5.74, 6) is -0.142. The van der Waals surface area contributed by atoms with Gasteiger partial charge in [-0.05, 0) is 12.1 Å². The topological polar surface area (TPSA) is 52.9 Å². The Bertz CT molecular complexity index is 310. The van der Waals surface area contributed by atoms with Gasteiger partial charge in [-0.2, -0.15) is 5.26 Å². The molecule has 1 amide bonds. The van der Waals surface area contributed by atoms with Crippen LogP contribution in [0.2, 0.25) is 0 Å². The predicted octanol–water partition coefficient (Wildman–Crippen LogP) is 0.979. The Kier molecular flexibility index (Phi) is 2.24. The number of hydrogen-bond acceptors (Lipinski definition) is 3. The Labute approximate surface area is 68.3 Å². The Morgan fingerprint density at radius 3 is 2.91 bits per heavy atom. The van der Waals surface area contributed by atoms with Crippen molar-refractivity contribution >= 4 is 17.2 Å². The van der Waals surface area contributed by atoms with Crippen molar-refractivity contribution in [2.45, 2.75) is 0 Å². The molecule has 1 N–H and O–H groups in total. The molecule has 0 atom stereocenters. The second-order valence-electron chi connectivity index (χ2n) is 1.85. The van der Waals surface area contributed by atoms with Crippen LogP contribution in [0, 0.1) is 11.3 Å². The minimum Gasteiger partial charge on any atom is -0.354 e. The maximum absolute atomic E-state index is 10.9. The van der Waals surface area contributed by atoms with Crippen LogP contribution in [0.5, 0.6) is 0 Å². The molecule has 11 heavy (non-hydrogen) atoms. The lowest BCUT2D eigenvalue weighted by Crippen LogP contribution is -2.15. The summed E-state index contributed by atoms with van der Waals surface area (Å²) in [6, 6.07) is 5.24. The third-order valence-corrected chi connectivity index (χ3v) is 2.16. The van der Waals surface area contributed by atoms with Crippen LogP contribution in [0.15, 0.2) is 12.1 Å². The Balaban J connectivity index is 2.91. The van der Waals surface area contributed by atoms with Gasteiger partial charge in [0.05, 0.1) is 4.88 Å². The van der Waals surface area contributed by atoms with Crippen LogP contribution >= 0.6 is 11.3 Å². The third-order valence-electron chi connectivity index (χ3n) is 1.17. The average molecular weight is 166 g/mol. The van der Waals surface area contributed by atoms with E-state index in [1.165, 1.54) is 11.3 Å². The van der Waals surface area contributed by atoms with Crippen LogP contribution in [0.4, 0.5) is 0 Å². The molecule has 3 nitrogen and oxygen atoms in total. The molecule has 0 aliphatic heterocycles. The molecule has 0 aliphatic carbocycles. The van der Waals surface area contributed by atoms with E-state index in [1.807, 2.05) is 6.07 Å². The molecule has 0 saturated heterocycles. The predicted molar refractivity (Wildman–Crippen MR) is 42.4 cm³/mol. The summed E-state index contributed by atoms with van der Waals surface area (Å²) in [5.41, 5.74) is 0. The number of rotatable bonds is 1. The summed E-state index contributed by atoms with van der Waals surface area (Å²) in [6.07, 6.45) is 0. The van der Waals surface area contributed by atoms with E-state index in [9.17, 15) is 4.79 Å². The average Bonchev–Trinajstić information content (AvgIpc) is 2.50. The van der Waals surface area contributed by atoms with Crippen molar-refractivity contribution in [2.75, 3.05) is 7.05 Å². The van der Waals surface area contributed by atoms with Gasteiger partial charge in [-0.25, -0.2) is 0 Å². The Hall–Kier alpha value is -1.34. The molecular formula is C7H6N2OS. The van der Waals surface area contributed by atoms with Gasteiger partial charge in [0.15, 0.2) is 0 Å². The summed E-state index contributed by atoms with van der Waals surface area (Å²) >= 11 is 1.19. The molecule has 0 saturated carbocycles. The number of thiophene rings is 1. The molecule has 1 aromatic heterocycles. The summed E-state index contributed by atoms with van der Waals surface area (Å²) < 4.78 is 0. The van der Waals surface area contributed by atoms with Crippen LogP contribution in [-0.4, -0.2) is 13.0 Å². The van der Waals surface area contributed by atoms with Crippen molar-refractivity contribution in [2.24, 2.45) is 0 Å². The summed E-state index contributed by atoms with van der Waals surface area (Å²) in [6.45, 7) is 0. The van der Waals surface area contributed by atoms with E-state index >= 15 is 0 Å². The zero-order valence-electron chi connectivity index (χ0n) is 5.92. The molecule has 0 bridgehead atoms. The molecular weight excluding hydrogens is 160 g/mol. The van der Waals surface area contributed by atoms with E-state index in [-0.39, 0.29) is 5.91 Å². The summed E-state index contributed by atoms with van der Waals surface area (Å²) in [4.78, 5) is 12.1. The van der Waals surface area contributed by atoms with Gasteiger partial charge in [0.1, 0.15) is 10.9 Å². The van der Waals surface area contributed by atoms with Crippen LogP contribution in [0.25, 0.3) is 0 Å². The fraction of sp³-hybridized carbons (Fsp3) is 0.143. The van der Waals surface area contributed by atoms with Gasteiger partial charge >= 0.3 is 0 Å². The lowest BCUT2D eigenvalue weighted by molar-refractivity contribution is 0.0967. The van der Waals surface area contributed by atoms with Crippen molar-refractivity contribution in [3.8, 4) is 6.07 Å².